The highest BCUT2D eigenvalue weighted by Gasteiger charge is 2.22. The normalized spacial score (nSPS) is 13.9. The van der Waals surface area contributed by atoms with Crippen LogP contribution in [0.25, 0.3) is 0 Å². The number of nitrogens with one attached hydrogen (secondary N) is 1. The lowest BCUT2D eigenvalue weighted by Crippen LogP contribution is -2.49. The third kappa shape index (κ3) is 5.76. The van der Waals surface area contributed by atoms with Gasteiger partial charge < -0.3 is 24.4 Å². The quantitative estimate of drug-likeness (QED) is 0.688. The highest BCUT2D eigenvalue weighted by molar-refractivity contribution is 5.99. The van der Waals surface area contributed by atoms with Crippen molar-refractivity contribution in [2.24, 2.45) is 0 Å². The van der Waals surface area contributed by atoms with Gasteiger partial charge in [-0.25, -0.2) is 14.4 Å². The van der Waals surface area contributed by atoms with Gasteiger partial charge in [-0.1, -0.05) is 12.1 Å². The topological polar surface area (TPSA) is 97.4 Å². The van der Waals surface area contributed by atoms with Crippen molar-refractivity contribution < 1.29 is 28.6 Å². The number of methoxy groups -OCH3 is 3. The lowest BCUT2D eigenvalue weighted by atomic mass is 10.1. The summed E-state index contributed by atoms with van der Waals surface area (Å²) in [5.74, 6) is -0.404. The van der Waals surface area contributed by atoms with Crippen LogP contribution in [-0.4, -0.2) is 75.3 Å². The number of hydrogen-bond acceptors (Lipinski definition) is 7. The second-order valence-electron chi connectivity index (χ2n) is 7.32. The van der Waals surface area contributed by atoms with Crippen LogP contribution in [-0.2, 0) is 16.0 Å². The van der Waals surface area contributed by atoms with Crippen molar-refractivity contribution in [2.75, 3.05) is 52.8 Å². The highest BCUT2D eigenvalue weighted by atomic mass is 16.5. The molecule has 0 aromatic heterocycles. The number of nitrogens with zero attached hydrogens (tertiary/aromatic N) is 2. The molecule has 1 fully saturated rings. The fourth-order valence-electron chi connectivity index (χ4n) is 3.47. The summed E-state index contributed by atoms with van der Waals surface area (Å²) in [6.45, 7) is 3.37. The van der Waals surface area contributed by atoms with Crippen molar-refractivity contribution in [2.45, 2.75) is 6.54 Å². The Balaban J connectivity index is 1.60. The summed E-state index contributed by atoms with van der Waals surface area (Å²) >= 11 is 0. The van der Waals surface area contributed by atoms with Gasteiger partial charge in [0.15, 0.2) is 0 Å². The maximum absolute atomic E-state index is 12.8. The van der Waals surface area contributed by atoms with Crippen molar-refractivity contribution in [1.82, 2.24) is 9.80 Å². The number of esters is 2. The number of carbonyl (C=O) groups excluding carboxylic acids is 3. The van der Waals surface area contributed by atoms with Gasteiger partial charge in [-0.2, -0.15) is 0 Å². The predicted octanol–water partition coefficient (Wildman–Crippen LogP) is 2.62. The molecule has 0 spiro atoms. The Morgan fingerprint density at radius 2 is 1.41 bits per heavy atom. The lowest BCUT2D eigenvalue weighted by molar-refractivity contribution is 0.0599. The summed E-state index contributed by atoms with van der Waals surface area (Å²) in [5, 5.41) is 2.77. The van der Waals surface area contributed by atoms with Crippen molar-refractivity contribution >= 4 is 23.7 Å². The number of piperazine rings is 1. The maximum atomic E-state index is 12.8. The molecule has 2 aromatic carbocycles. The van der Waals surface area contributed by atoms with Crippen LogP contribution in [0.4, 0.5) is 10.5 Å². The summed E-state index contributed by atoms with van der Waals surface area (Å²) in [6.07, 6.45) is 0. The van der Waals surface area contributed by atoms with E-state index in [2.05, 4.69) is 10.2 Å². The Labute approximate surface area is 186 Å². The van der Waals surface area contributed by atoms with Crippen LogP contribution in [0, 0.1) is 0 Å². The summed E-state index contributed by atoms with van der Waals surface area (Å²) in [4.78, 5) is 40.6. The van der Waals surface area contributed by atoms with Crippen LogP contribution in [0.5, 0.6) is 5.75 Å². The first kappa shape index (κ1) is 23.1. The maximum Gasteiger partial charge on any atom is 0.337 e. The van der Waals surface area contributed by atoms with Crippen molar-refractivity contribution in [1.29, 1.82) is 0 Å². The van der Waals surface area contributed by atoms with E-state index < -0.39 is 11.9 Å². The third-order valence-corrected chi connectivity index (χ3v) is 5.25. The summed E-state index contributed by atoms with van der Waals surface area (Å²) in [5.41, 5.74) is 1.79. The van der Waals surface area contributed by atoms with Gasteiger partial charge in [0.1, 0.15) is 5.75 Å². The zero-order valence-electron chi connectivity index (χ0n) is 18.4. The molecule has 0 radical (unpaired) electrons. The van der Waals surface area contributed by atoms with Crippen molar-refractivity contribution in [3.8, 4) is 5.75 Å². The monoisotopic (exact) mass is 441 g/mol. The van der Waals surface area contributed by atoms with E-state index in [9.17, 15) is 14.4 Å². The molecule has 1 aliphatic heterocycles. The fourth-order valence-corrected chi connectivity index (χ4v) is 3.47. The lowest BCUT2D eigenvalue weighted by Gasteiger charge is -2.34. The van der Waals surface area contributed by atoms with Crippen LogP contribution in [0.15, 0.2) is 42.5 Å². The molecule has 0 unspecified atom stereocenters. The number of anilines is 1. The van der Waals surface area contributed by atoms with Crippen LogP contribution in [0.3, 0.4) is 0 Å². The first-order valence-corrected chi connectivity index (χ1v) is 10.2. The minimum Gasteiger partial charge on any atom is -0.497 e. The van der Waals surface area contributed by atoms with Crippen LogP contribution in [0.2, 0.25) is 0 Å². The van der Waals surface area contributed by atoms with Crippen LogP contribution in [0.1, 0.15) is 26.3 Å². The molecule has 1 aliphatic rings. The summed E-state index contributed by atoms with van der Waals surface area (Å²) in [7, 11) is 4.13. The SMILES string of the molecule is COC(=O)c1cc(NC(=O)N2CCN(Cc3ccc(OC)cc3)CC2)cc(C(=O)OC)c1. The average molecular weight is 441 g/mol. The van der Waals surface area contributed by atoms with Gasteiger partial charge in [0, 0.05) is 38.4 Å². The molecule has 3 rings (SSSR count). The molecule has 0 saturated carbocycles. The second kappa shape index (κ2) is 10.6. The van der Waals surface area contributed by atoms with E-state index in [0.717, 1.165) is 25.4 Å². The standard InChI is InChI=1S/C23H27N3O6/c1-30-20-6-4-16(5-7-20)15-25-8-10-26(11-9-25)23(29)24-19-13-17(21(27)31-2)12-18(14-19)22(28)32-3/h4-7,12-14H,8-11,15H2,1-3H3,(H,24,29). The largest absolute Gasteiger partial charge is 0.497 e. The molecule has 2 aromatic rings. The zero-order chi connectivity index (χ0) is 23.1. The van der Waals surface area contributed by atoms with E-state index in [1.807, 2.05) is 24.3 Å². The highest BCUT2D eigenvalue weighted by Crippen LogP contribution is 2.19. The Bertz CT molecular complexity index is 934. The van der Waals surface area contributed by atoms with E-state index in [1.54, 1.807) is 12.0 Å². The van der Waals surface area contributed by atoms with Gasteiger partial charge in [-0.15, -0.1) is 0 Å². The van der Waals surface area contributed by atoms with Gasteiger partial charge >= 0.3 is 18.0 Å². The zero-order valence-corrected chi connectivity index (χ0v) is 18.4. The molecular weight excluding hydrogens is 414 g/mol. The number of hydrogen-bond donors (Lipinski definition) is 1. The molecular formula is C23H27N3O6. The van der Waals surface area contributed by atoms with E-state index in [4.69, 9.17) is 14.2 Å². The molecule has 0 aliphatic carbocycles. The van der Waals surface area contributed by atoms with E-state index in [0.29, 0.717) is 18.8 Å². The molecule has 1 N–H and O–H groups in total. The molecule has 170 valence electrons. The smallest absolute Gasteiger partial charge is 0.337 e. The molecule has 1 heterocycles. The Morgan fingerprint density at radius 1 is 0.844 bits per heavy atom. The number of benzene rings is 2. The molecule has 32 heavy (non-hydrogen) atoms. The fraction of sp³-hybridized carbons (Fsp3) is 0.348. The summed E-state index contributed by atoms with van der Waals surface area (Å²) < 4.78 is 14.6. The minimum absolute atomic E-state index is 0.148. The number of carbonyl (C=O) groups is 3. The van der Waals surface area contributed by atoms with Gasteiger partial charge in [-0.3, -0.25) is 4.90 Å². The Hall–Kier alpha value is -3.59. The predicted molar refractivity (Wildman–Crippen MR) is 118 cm³/mol. The van der Waals surface area contributed by atoms with Crippen molar-refractivity contribution in [3.05, 3.63) is 59.2 Å². The van der Waals surface area contributed by atoms with E-state index in [1.165, 1.54) is 38.0 Å². The number of amides is 2. The van der Waals surface area contributed by atoms with Gasteiger partial charge in [0.25, 0.3) is 0 Å². The number of ether oxygens (including phenoxy) is 3. The molecule has 0 bridgehead atoms. The van der Waals surface area contributed by atoms with Gasteiger partial charge in [0.05, 0.1) is 32.5 Å². The number of urea groups is 1. The first-order valence-electron chi connectivity index (χ1n) is 10.2. The van der Waals surface area contributed by atoms with E-state index in [-0.39, 0.29) is 17.2 Å². The molecule has 2 amide bonds. The van der Waals surface area contributed by atoms with Crippen molar-refractivity contribution in [3.63, 3.8) is 0 Å². The van der Waals surface area contributed by atoms with Crippen LogP contribution < -0.4 is 10.1 Å². The van der Waals surface area contributed by atoms with Crippen LogP contribution >= 0.6 is 0 Å². The second-order valence-corrected chi connectivity index (χ2v) is 7.32. The van der Waals surface area contributed by atoms with E-state index >= 15 is 0 Å². The minimum atomic E-state index is -0.613. The average Bonchev–Trinajstić information content (AvgIpc) is 2.83. The summed E-state index contributed by atoms with van der Waals surface area (Å²) in [6, 6.07) is 11.9. The van der Waals surface area contributed by atoms with Gasteiger partial charge in [0.2, 0.25) is 0 Å². The molecule has 9 nitrogen and oxygen atoms in total. The molecule has 0 atom stereocenters. The van der Waals surface area contributed by atoms with Gasteiger partial charge in [-0.05, 0) is 35.9 Å². The Kier molecular flexibility index (Phi) is 7.67. The Morgan fingerprint density at radius 3 is 1.91 bits per heavy atom. The third-order valence-electron chi connectivity index (χ3n) is 5.25. The molecule has 9 heteroatoms. The number of rotatable bonds is 6. The molecule has 1 saturated heterocycles. The first-order chi connectivity index (χ1) is 15.4.